The lowest BCUT2D eigenvalue weighted by molar-refractivity contribution is -0.148. The third-order valence-electron chi connectivity index (χ3n) is 4.00. The zero-order valence-electron chi connectivity index (χ0n) is 13.0. The second kappa shape index (κ2) is 8.50. The first-order valence-corrected chi connectivity index (χ1v) is 8.49. The van der Waals surface area contributed by atoms with E-state index in [2.05, 4.69) is 10.3 Å². The molecule has 1 aliphatic rings. The summed E-state index contributed by atoms with van der Waals surface area (Å²) in [6.45, 7) is 1.39. The normalized spacial score (nSPS) is 15.3. The van der Waals surface area contributed by atoms with Gasteiger partial charge in [-0.15, -0.1) is 0 Å². The first-order valence-electron chi connectivity index (χ1n) is 7.73. The van der Waals surface area contributed by atoms with Gasteiger partial charge in [0.15, 0.2) is 12.4 Å². The number of ether oxygens (including phenoxy) is 1. The first kappa shape index (κ1) is 18.0. The molecule has 1 fully saturated rings. The van der Waals surface area contributed by atoms with Gasteiger partial charge in [-0.05, 0) is 31.2 Å². The van der Waals surface area contributed by atoms with Crippen molar-refractivity contribution in [1.82, 2.24) is 4.98 Å². The first-order chi connectivity index (χ1) is 11.0. The molecule has 126 valence electrons. The molecule has 0 saturated heterocycles. The van der Waals surface area contributed by atoms with Crippen LogP contribution in [0.5, 0.6) is 0 Å². The van der Waals surface area contributed by atoms with Crippen LogP contribution in [0.1, 0.15) is 44.1 Å². The van der Waals surface area contributed by atoms with Crippen LogP contribution >= 0.6 is 23.2 Å². The molecule has 1 amide bonds. The molecule has 0 bridgehead atoms. The molecule has 1 aliphatic carbocycles. The Morgan fingerprint density at radius 1 is 1.30 bits per heavy atom. The summed E-state index contributed by atoms with van der Waals surface area (Å²) in [4.78, 5) is 27.6. The molecule has 1 saturated carbocycles. The molecular formula is C16H20Cl2N2O3. The quantitative estimate of drug-likeness (QED) is 0.802. The number of hydrogen-bond acceptors (Lipinski definition) is 4. The summed E-state index contributed by atoms with van der Waals surface area (Å²) in [7, 11) is 0. The number of amides is 1. The lowest BCUT2D eigenvalue weighted by Crippen LogP contribution is -2.23. The number of nitrogens with one attached hydrogen (secondary N) is 1. The van der Waals surface area contributed by atoms with E-state index in [0.717, 1.165) is 12.8 Å². The number of nitrogens with zero attached hydrogens (tertiary/aromatic N) is 1. The largest absolute Gasteiger partial charge is 0.456 e. The van der Waals surface area contributed by atoms with Crippen LogP contribution in [0.15, 0.2) is 6.20 Å². The van der Waals surface area contributed by atoms with Crippen molar-refractivity contribution in [3.63, 3.8) is 0 Å². The van der Waals surface area contributed by atoms with Crippen molar-refractivity contribution in [2.45, 2.75) is 45.4 Å². The van der Waals surface area contributed by atoms with Crippen molar-refractivity contribution >= 4 is 40.9 Å². The Hall–Kier alpha value is -1.33. The van der Waals surface area contributed by atoms with Gasteiger partial charge in [0.2, 0.25) is 0 Å². The maximum Gasteiger partial charge on any atom is 0.306 e. The van der Waals surface area contributed by atoms with Gasteiger partial charge in [0.05, 0.1) is 10.0 Å². The van der Waals surface area contributed by atoms with E-state index in [-0.39, 0.29) is 23.4 Å². The Bertz CT molecular complexity index is 587. The summed E-state index contributed by atoms with van der Waals surface area (Å²) in [5.41, 5.74) is 0.632. The molecule has 0 unspecified atom stereocenters. The Balaban J connectivity index is 1.78. The van der Waals surface area contributed by atoms with Crippen LogP contribution in [-0.2, 0) is 14.3 Å². The van der Waals surface area contributed by atoms with Crippen LogP contribution in [0.3, 0.4) is 0 Å². The molecule has 0 spiro atoms. The third kappa shape index (κ3) is 5.36. The number of halogens is 2. The molecule has 0 aromatic carbocycles. The Morgan fingerprint density at radius 3 is 2.70 bits per heavy atom. The van der Waals surface area contributed by atoms with Gasteiger partial charge >= 0.3 is 5.97 Å². The van der Waals surface area contributed by atoms with Crippen LogP contribution in [-0.4, -0.2) is 23.5 Å². The van der Waals surface area contributed by atoms with E-state index in [0.29, 0.717) is 22.9 Å². The topological polar surface area (TPSA) is 68.3 Å². The second-order valence-corrected chi connectivity index (χ2v) is 6.60. The third-order valence-corrected chi connectivity index (χ3v) is 4.85. The molecule has 0 aliphatic heterocycles. The summed E-state index contributed by atoms with van der Waals surface area (Å²) in [6, 6.07) is 0. The van der Waals surface area contributed by atoms with Gasteiger partial charge in [0, 0.05) is 12.6 Å². The van der Waals surface area contributed by atoms with Gasteiger partial charge in [0.25, 0.3) is 5.91 Å². The van der Waals surface area contributed by atoms with Crippen molar-refractivity contribution < 1.29 is 14.3 Å². The van der Waals surface area contributed by atoms with E-state index in [1.807, 2.05) is 0 Å². The Kier molecular flexibility index (Phi) is 6.66. The SMILES string of the molecule is Cc1c(Cl)cnc(NC(=O)COC(=O)CC2CCCCC2)c1Cl. The fourth-order valence-corrected chi connectivity index (χ4v) is 3.03. The highest BCUT2D eigenvalue weighted by Crippen LogP contribution is 2.28. The van der Waals surface area contributed by atoms with Crippen LogP contribution in [0.4, 0.5) is 5.82 Å². The number of esters is 1. The molecule has 0 atom stereocenters. The number of carbonyl (C=O) groups is 2. The number of rotatable bonds is 5. The van der Waals surface area contributed by atoms with E-state index in [4.69, 9.17) is 27.9 Å². The number of carbonyl (C=O) groups excluding carboxylic acids is 2. The van der Waals surface area contributed by atoms with E-state index >= 15 is 0 Å². The van der Waals surface area contributed by atoms with E-state index in [9.17, 15) is 9.59 Å². The van der Waals surface area contributed by atoms with E-state index < -0.39 is 5.91 Å². The summed E-state index contributed by atoms with van der Waals surface area (Å²) in [6.07, 6.45) is 7.48. The molecule has 2 rings (SSSR count). The van der Waals surface area contributed by atoms with Crippen LogP contribution < -0.4 is 5.32 Å². The van der Waals surface area contributed by atoms with Crippen molar-refractivity contribution in [2.75, 3.05) is 11.9 Å². The Labute approximate surface area is 145 Å². The van der Waals surface area contributed by atoms with Gasteiger partial charge in [0.1, 0.15) is 0 Å². The minimum absolute atomic E-state index is 0.210. The van der Waals surface area contributed by atoms with Gasteiger partial charge in [-0.3, -0.25) is 9.59 Å². The second-order valence-electron chi connectivity index (χ2n) is 5.81. The molecule has 0 radical (unpaired) electrons. The smallest absolute Gasteiger partial charge is 0.306 e. The predicted molar refractivity (Wildman–Crippen MR) is 89.8 cm³/mol. The molecule has 7 heteroatoms. The van der Waals surface area contributed by atoms with E-state index in [1.165, 1.54) is 25.5 Å². The predicted octanol–water partition coefficient (Wildman–Crippen LogP) is 4.15. The molecule has 1 heterocycles. The van der Waals surface area contributed by atoms with Crippen molar-refractivity contribution in [3.05, 3.63) is 21.8 Å². The zero-order valence-corrected chi connectivity index (χ0v) is 14.5. The van der Waals surface area contributed by atoms with Crippen LogP contribution in [0.25, 0.3) is 0 Å². The fraction of sp³-hybridized carbons (Fsp3) is 0.562. The van der Waals surface area contributed by atoms with Crippen LogP contribution in [0, 0.1) is 12.8 Å². The maximum atomic E-state index is 11.8. The average molecular weight is 359 g/mol. The van der Waals surface area contributed by atoms with Crippen molar-refractivity contribution in [3.8, 4) is 0 Å². The summed E-state index contributed by atoms with van der Waals surface area (Å²) >= 11 is 12.0. The molecule has 23 heavy (non-hydrogen) atoms. The summed E-state index contributed by atoms with van der Waals surface area (Å²) < 4.78 is 5.02. The van der Waals surface area contributed by atoms with E-state index in [1.54, 1.807) is 6.92 Å². The number of aromatic nitrogens is 1. The highest BCUT2D eigenvalue weighted by molar-refractivity contribution is 6.37. The maximum absolute atomic E-state index is 11.8. The molecular weight excluding hydrogens is 339 g/mol. The van der Waals surface area contributed by atoms with Crippen molar-refractivity contribution in [2.24, 2.45) is 5.92 Å². The average Bonchev–Trinajstić information content (AvgIpc) is 2.54. The highest BCUT2D eigenvalue weighted by Gasteiger charge is 2.19. The van der Waals surface area contributed by atoms with Gasteiger partial charge in [-0.2, -0.15) is 0 Å². The number of anilines is 1. The van der Waals surface area contributed by atoms with Crippen LogP contribution in [0.2, 0.25) is 10.0 Å². The molecule has 1 N–H and O–H groups in total. The van der Waals surface area contributed by atoms with Gasteiger partial charge in [-0.25, -0.2) is 4.98 Å². The lowest BCUT2D eigenvalue weighted by atomic mass is 9.87. The summed E-state index contributed by atoms with van der Waals surface area (Å²) in [5, 5.41) is 3.22. The summed E-state index contributed by atoms with van der Waals surface area (Å²) in [5.74, 6) is -0.215. The van der Waals surface area contributed by atoms with Gasteiger partial charge in [-0.1, -0.05) is 42.5 Å². The zero-order chi connectivity index (χ0) is 16.8. The number of hydrogen-bond donors (Lipinski definition) is 1. The fourth-order valence-electron chi connectivity index (χ4n) is 2.64. The minimum atomic E-state index is -0.474. The monoisotopic (exact) mass is 358 g/mol. The highest BCUT2D eigenvalue weighted by atomic mass is 35.5. The number of pyridine rings is 1. The molecule has 1 aromatic rings. The minimum Gasteiger partial charge on any atom is -0.456 e. The van der Waals surface area contributed by atoms with Gasteiger partial charge < -0.3 is 10.1 Å². The molecule has 1 aromatic heterocycles. The van der Waals surface area contributed by atoms with Crippen molar-refractivity contribution in [1.29, 1.82) is 0 Å². The standard InChI is InChI=1S/C16H20Cl2N2O3/c1-10-12(17)8-19-16(15(10)18)20-13(21)9-23-14(22)7-11-5-3-2-4-6-11/h8,11H,2-7,9H2,1H3,(H,19,20,21). The molecule has 5 nitrogen and oxygen atoms in total. The lowest BCUT2D eigenvalue weighted by Gasteiger charge is -2.20. The Morgan fingerprint density at radius 2 is 2.00 bits per heavy atom.